The summed E-state index contributed by atoms with van der Waals surface area (Å²) in [5.41, 5.74) is 0.929. The third-order valence-corrected chi connectivity index (χ3v) is 5.27. The SMILES string of the molecule is COC(=O)C1=C(C)NC(c2cccs2)=C(C(=O)O)C1c1cccc([N+](=O)[O-])c1. The Hall–Kier alpha value is -3.46. The number of aliphatic carboxylic acids is 1. The monoisotopic (exact) mass is 400 g/mol. The van der Waals surface area contributed by atoms with Crippen molar-refractivity contribution in [3.63, 3.8) is 0 Å². The van der Waals surface area contributed by atoms with Crippen LogP contribution in [0.15, 0.2) is 58.6 Å². The number of carboxylic acids is 1. The number of nitro benzene ring substituents is 1. The van der Waals surface area contributed by atoms with Gasteiger partial charge in [-0.15, -0.1) is 11.3 Å². The number of hydrogen-bond acceptors (Lipinski definition) is 7. The number of methoxy groups -OCH3 is 1. The van der Waals surface area contributed by atoms with Crippen LogP contribution in [0.5, 0.6) is 0 Å². The molecular weight excluding hydrogens is 384 g/mol. The van der Waals surface area contributed by atoms with Crippen molar-refractivity contribution in [3.05, 3.63) is 79.2 Å². The van der Waals surface area contributed by atoms with Gasteiger partial charge in [-0.2, -0.15) is 0 Å². The summed E-state index contributed by atoms with van der Waals surface area (Å²) in [6.45, 7) is 1.64. The van der Waals surface area contributed by atoms with E-state index in [0.29, 0.717) is 21.8 Å². The summed E-state index contributed by atoms with van der Waals surface area (Å²) in [7, 11) is 1.20. The first-order valence-corrected chi connectivity index (χ1v) is 9.05. The Kier molecular flexibility index (Phi) is 5.27. The average molecular weight is 400 g/mol. The van der Waals surface area contributed by atoms with Crippen LogP contribution in [0.2, 0.25) is 0 Å². The molecule has 0 aliphatic carbocycles. The van der Waals surface area contributed by atoms with Crippen LogP contribution in [0, 0.1) is 10.1 Å². The van der Waals surface area contributed by atoms with Crippen LogP contribution in [0.25, 0.3) is 5.70 Å². The number of nitro groups is 1. The number of thiophene rings is 1. The molecule has 1 aromatic carbocycles. The van der Waals surface area contributed by atoms with E-state index in [1.807, 2.05) is 0 Å². The molecule has 1 aliphatic rings. The molecule has 1 aliphatic heterocycles. The van der Waals surface area contributed by atoms with Crippen LogP contribution < -0.4 is 5.32 Å². The fourth-order valence-electron chi connectivity index (χ4n) is 3.21. The first-order chi connectivity index (χ1) is 13.3. The molecule has 0 fully saturated rings. The molecule has 144 valence electrons. The highest BCUT2D eigenvalue weighted by atomic mass is 32.1. The summed E-state index contributed by atoms with van der Waals surface area (Å²) in [6.07, 6.45) is 0. The molecule has 0 saturated carbocycles. The van der Waals surface area contributed by atoms with Gasteiger partial charge in [-0.1, -0.05) is 18.2 Å². The number of dihydropyridines is 1. The fourth-order valence-corrected chi connectivity index (χ4v) is 3.94. The minimum absolute atomic E-state index is 0.0750. The van der Waals surface area contributed by atoms with E-state index in [2.05, 4.69) is 5.32 Å². The van der Waals surface area contributed by atoms with Gasteiger partial charge in [0.15, 0.2) is 0 Å². The van der Waals surface area contributed by atoms with Gasteiger partial charge < -0.3 is 15.2 Å². The fraction of sp³-hybridized carbons (Fsp3) is 0.158. The Morgan fingerprint density at radius 2 is 2.00 bits per heavy atom. The molecule has 1 aromatic heterocycles. The van der Waals surface area contributed by atoms with E-state index < -0.39 is 22.8 Å². The van der Waals surface area contributed by atoms with Crippen molar-refractivity contribution in [2.45, 2.75) is 12.8 Å². The van der Waals surface area contributed by atoms with Gasteiger partial charge in [0.05, 0.1) is 39.7 Å². The lowest BCUT2D eigenvalue weighted by atomic mass is 9.80. The zero-order chi connectivity index (χ0) is 20.4. The van der Waals surface area contributed by atoms with Gasteiger partial charge >= 0.3 is 11.9 Å². The Morgan fingerprint density at radius 3 is 2.57 bits per heavy atom. The van der Waals surface area contributed by atoms with Crippen LogP contribution in [-0.4, -0.2) is 29.1 Å². The second kappa shape index (κ2) is 7.65. The van der Waals surface area contributed by atoms with E-state index >= 15 is 0 Å². The lowest BCUT2D eigenvalue weighted by molar-refractivity contribution is -0.384. The van der Waals surface area contributed by atoms with Gasteiger partial charge in [0.1, 0.15) is 0 Å². The maximum absolute atomic E-state index is 12.5. The molecule has 0 spiro atoms. The molecule has 0 amide bonds. The van der Waals surface area contributed by atoms with Gasteiger partial charge in [-0.25, -0.2) is 9.59 Å². The average Bonchev–Trinajstić information content (AvgIpc) is 3.21. The Morgan fingerprint density at radius 1 is 1.25 bits per heavy atom. The van der Waals surface area contributed by atoms with E-state index in [9.17, 15) is 24.8 Å². The van der Waals surface area contributed by atoms with Gasteiger partial charge in [0.25, 0.3) is 5.69 Å². The molecule has 1 atom stereocenters. The number of esters is 1. The molecule has 8 nitrogen and oxygen atoms in total. The number of nitrogens with one attached hydrogen (secondary N) is 1. The molecule has 0 saturated heterocycles. The largest absolute Gasteiger partial charge is 0.478 e. The molecule has 1 unspecified atom stereocenters. The van der Waals surface area contributed by atoms with Gasteiger partial charge in [-0.05, 0) is 23.9 Å². The molecule has 9 heteroatoms. The second-order valence-corrected chi connectivity index (χ2v) is 6.96. The maximum atomic E-state index is 12.5. The van der Waals surface area contributed by atoms with Crippen molar-refractivity contribution in [2.24, 2.45) is 0 Å². The summed E-state index contributed by atoms with van der Waals surface area (Å²) < 4.78 is 4.86. The maximum Gasteiger partial charge on any atom is 0.336 e. The van der Waals surface area contributed by atoms with Crippen molar-refractivity contribution in [2.75, 3.05) is 7.11 Å². The normalized spacial score (nSPS) is 16.6. The van der Waals surface area contributed by atoms with E-state index in [0.717, 1.165) is 0 Å². The van der Waals surface area contributed by atoms with Crippen LogP contribution in [0.1, 0.15) is 23.3 Å². The van der Waals surface area contributed by atoms with E-state index in [1.165, 1.54) is 36.6 Å². The molecule has 3 rings (SSSR count). The first-order valence-electron chi connectivity index (χ1n) is 8.17. The molecular formula is C19H16N2O6S. The zero-order valence-corrected chi connectivity index (χ0v) is 15.8. The smallest absolute Gasteiger partial charge is 0.336 e. The topological polar surface area (TPSA) is 119 Å². The predicted molar refractivity (Wildman–Crippen MR) is 103 cm³/mol. The highest BCUT2D eigenvalue weighted by Crippen LogP contribution is 2.42. The Labute approximate surface area is 163 Å². The number of ether oxygens (including phenoxy) is 1. The molecule has 28 heavy (non-hydrogen) atoms. The van der Waals surface area contributed by atoms with E-state index in [4.69, 9.17) is 4.74 Å². The number of non-ortho nitro benzene ring substituents is 1. The van der Waals surface area contributed by atoms with Crippen molar-refractivity contribution in [1.82, 2.24) is 5.32 Å². The minimum Gasteiger partial charge on any atom is -0.478 e. The zero-order valence-electron chi connectivity index (χ0n) is 15.0. The van der Waals surface area contributed by atoms with Gasteiger partial charge in [0, 0.05) is 17.8 Å². The summed E-state index contributed by atoms with van der Waals surface area (Å²) in [4.78, 5) is 36.0. The van der Waals surface area contributed by atoms with Crippen LogP contribution in [-0.2, 0) is 14.3 Å². The van der Waals surface area contributed by atoms with Gasteiger partial charge in [0.2, 0.25) is 0 Å². The molecule has 2 heterocycles. The first kappa shape index (κ1) is 19.3. The molecule has 2 aromatic rings. The lowest BCUT2D eigenvalue weighted by Gasteiger charge is -2.30. The third-order valence-electron chi connectivity index (χ3n) is 4.38. The molecule has 2 N–H and O–H groups in total. The quantitative estimate of drug-likeness (QED) is 0.449. The van der Waals surface area contributed by atoms with E-state index in [-0.39, 0.29) is 16.8 Å². The number of benzene rings is 1. The highest BCUT2D eigenvalue weighted by molar-refractivity contribution is 7.11. The summed E-state index contributed by atoms with van der Waals surface area (Å²) in [5.74, 6) is -2.96. The third kappa shape index (κ3) is 3.39. The highest BCUT2D eigenvalue weighted by Gasteiger charge is 2.39. The second-order valence-electron chi connectivity index (χ2n) is 6.01. The van der Waals surface area contributed by atoms with Crippen LogP contribution in [0.3, 0.4) is 0 Å². The van der Waals surface area contributed by atoms with Crippen molar-refractivity contribution in [3.8, 4) is 0 Å². The summed E-state index contributed by atoms with van der Waals surface area (Å²) >= 11 is 1.34. The van der Waals surface area contributed by atoms with Crippen molar-refractivity contribution in [1.29, 1.82) is 0 Å². The van der Waals surface area contributed by atoms with Crippen molar-refractivity contribution < 1.29 is 24.4 Å². The standard InChI is InChI=1S/C19H16N2O6S/c1-10-14(19(24)27-2)15(11-5-3-6-12(9-11)21(25)26)16(18(22)23)17(20-10)13-7-4-8-28-13/h3-9,15,20H,1-2H3,(H,22,23). The summed E-state index contributed by atoms with van der Waals surface area (Å²) in [6, 6.07) is 9.16. The Balaban J connectivity index is 2.31. The number of allylic oxidation sites excluding steroid dienone is 1. The number of nitrogens with zero attached hydrogens (tertiary/aromatic N) is 1. The minimum atomic E-state index is -1.23. The Bertz CT molecular complexity index is 1020. The summed E-state index contributed by atoms with van der Waals surface area (Å²) in [5, 5.41) is 26.0. The predicted octanol–water partition coefficient (Wildman–Crippen LogP) is 3.29. The van der Waals surface area contributed by atoms with Gasteiger partial charge in [-0.3, -0.25) is 10.1 Å². The van der Waals surface area contributed by atoms with Crippen molar-refractivity contribution >= 4 is 34.7 Å². The lowest BCUT2D eigenvalue weighted by Crippen LogP contribution is -2.31. The number of rotatable bonds is 5. The molecule has 0 bridgehead atoms. The number of carbonyl (C=O) groups is 2. The number of hydrogen-bond donors (Lipinski definition) is 2. The van der Waals surface area contributed by atoms with E-state index in [1.54, 1.807) is 30.5 Å². The van der Waals surface area contributed by atoms with Crippen LogP contribution >= 0.6 is 11.3 Å². The number of carboxylic acid groups (broad SMARTS) is 1. The number of carbonyl (C=O) groups excluding carboxylic acids is 1. The van der Waals surface area contributed by atoms with Crippen LogP contribution in [0.4, 0.5) is 5.69 Å². The molecule has 0 radical (unpaired) electrons.